The number of aliphatic hydroxyl groups excluding tert-OH is 1. The van der Waals surface area contributed by atoms with Gasteiger partial charge in [0.1, 0.15) is 5.82 Å². The van der Waals surface area contributed by atoms with E-state index in [9.17, 15) is 5.11 Å². The van der Waals surface area contributed by atoms with Crippen LogP contribution < -0.4 is 5.73 Å². The molecule has 0 aliphatic heterocycles. The molecule has 4 heteroatoms. The summed E-state index contributed by atoms with van der Waals surface area (Å²) in [6.07, 6.45) is 5.86. The Kier molecular flexibility index (Phi) is 2.95. The predicted octanol–water partition coefficient (Wildman–Crippen LogP) is 1.85. The second kappa shape index (κ2) is 4.23. The number of aromatic amines is 1. The van der Waals surface area contributed by atoms with Crippen molar-refractivity contribution < 1.29 is 5.11 Å². The third-order valence-corrected chi connectivity index (χ3v) is 3.44. The largest absolute Gasteiger partial charge is 0.388 e. The second-order valence-corrected chi connectivity index (χ2v) is 4.72. The summed E-state index contributed by atoms with van der Waals surface area (Å²) in [5, 5.41) is 16.7. The maximum atomic E-state index is 10.2. The SMILES string of the molecule is CC1CCCC(C(O)c2cn[nH]c2N)C1. The Bertz CT molecular complexity index is 323. The molecule has 1 saturated carbocycles. The lowest BCUT2D eigenvalue weighted by molar-refractivity contribution is 0.0720. The van der Waals surface area contributed by atoms with Gasteiger partial charge in [-0.15, -0.1) is 0 Å². The summed E-state index contributed by atoms with van der Waals surface area (Å²) in [5.41, 5.74) is 6.46. The number of rotatable bonds is 2. The maximum absolute atomic E-state index is 10.2. The zero-order valence-electron chi connectivity index (χ0n) is 9.11. The zero-order chi connectivity index (χ0) is 10.8. The zero-order valence-corrected chi connectivity index (χ0v) is 9.11. The minimum atomic E-state index is -0.452. The van der Waals surface area contributed by atoms with Crippen molar-refractivity contribution >= 4 is 5.82 Å². The average Bonchev–Trinajstić information content (AvgIpc) is 2.63. The Morgan fingerprint density at radius 1 is 1.60 bits per heavy atom. The number of nitrogens with one attached hydrogen (secondary N) is 1. The van der Waals surface area contributed by atoms with Gasteiger partial charge >= 0.3 is 0 Å². The summed E-state index contributed by atoms with van der Waals surface area (Å²) in [6, 6.07) is 0. The summed E-state index contributed by atoms with van der Waals surface area (Å²) < 4.78 is 0. The van der Waals surface area contributed by atoms with Crippen molar-refractivity contribution in [2.24, 2.45) is 11.8 Å². The van der Waals surface area contributed by atoms with Crippen molar-refractivity contribution in [1.29, 1.82) is 0 Å². The van der Waals surface area contributed by atoms with E-state index in [-0.39, 0.29) is 0 Å². The fraction of sp³-hybridized carbons (Fsp3) is 0.727. The molecule has 0 aromatic carbocycles. The number of H-pyrrole nitrogens is 1. The molecule has 0 spiro atoms. The third-order valence-electron chi connectivity index (χ3n) is 3.44. The van der Waals surface area contributed by atoms with Gasteiger partial charge in [-0.3, -0.25) is 5.10 Å². The number of nitrogen functional groups attached to an aromatic ring is 1. The Hall–Kier alpha value is -1.03. The van der Waals surface area contributed by atoms with E-state index in [1.165, 1.54) is 12.8 Å². The van der Waals surface area contributed by atoms with Crippen LogP contribution >= 0.6 is 0 Å². The van der Waals surface area contributed by atoms with Gasteiger partial charge in [-0.1, -0.05) is 19.8 Å². The third kappa shape index (κ3) is 2.15. The summed E-state index contributed by atoms with van der Waals surface area (Å²) >= 11 is 0. The van der Waals surface area contributed by atoms with Crippen LogP contribution in [0.2, 0.25) is 0 Å². The first kappa shape index (κ1) is 10.5. The quantitative estimate of drug-likeness (QED) is 0.695. The number of hydrogen-bond donors (Lipinski definition) is 3. The molecule has 0 radical (unpaired) electrons. The standard InChI is InChI=1S/C11H19N3O/c1-7-3-2-4-8(5-7)10(15)9-6-13-14-11(9)12/h6-8,10,15H,2-5H2,1H3,(H3,12,13,14). The van der Waals surface area contributed by atoms with Gasteiger partial charge in [0.15, 0.2) is 0 Å². The molecule has 15 heavy (non-hydrogen) atoms. The van der Waals surface area contributed by atoms with Crippen LogP contribution in [0.15, 0.2) is 6.20 Å². The molecular weight excluding hydrogens is 190 g/mol. The first-order valence-electron chi connectivity index (χ1n) is 5.65. The van der Waals surface area contributed by atoms with E-state index in [1.807, 2.05) is 0 Å². The molecule has 4 nitrogen and oxygen atoms in total. The summed E-state index contributed by atoms with van der Waals surface area (Å²) in [6.45, 7) is 2.25. The molecule has 1 heterocycles. The van der Waals surface area contributed by atoms with Crippen LogP contribution in [0.5, 0.6) is 0 Å². The van der Waals surface area contributed by atoms with Gasteiger partial charge < -0.3 is 10.8 Å². The van der Waals surface area contributed by atoms with Crippen molar-refractivity contribution in [3.63, 3.8) is 0 Å². The molecule has 1 fully saturated rings. The van der Waals surface area contributed by atoms with Gasteiger partial charge in [0.2, 0.25) is 0 Å². The van der Waals surface area contributed by atoms with Gasteiger partial charge in [-0.05, 0) is 24.7 Å². The molecule has 3 unspecified atom stereocenters. The van der Waals surface area contributed by atoms with Crippen molar-refractivity contribution in [3.05, 3.63) is 11.8 Å². The summed E-state index contributed by atoms with van der Waals surface area (Å²) in [4.78, 5) is 0. The van der Waals surface area contributed by atoms with Gasteiger partial charge in [-0.25, -0.2) is 0 Å². The molecule has 1 aromatic heterocycles. The Labute approximate surface area is 89.9 Å². The van der Waals surface area contributed by atoms with Crippen LogP contribution in [0, 0.1) is 11.8 Å². The van der Waals surface area contributed by atoms with E-state index in [2.05, 4.69) is 17.1 Å². The van der Waals surface area contributed by atoms with E-state index in [1.54, 1.807) is 6.20 Å². The molecule has 0 saturated heterocycles. The highest BCUT2D eigenvalue weighted by molar-refractivity contribution is 5.38. The van der Waals surface area contributed by atoms with E-state index >= 15 is 0 Å². The Balaban J connectivity index is 2.07. The van der Waals surface area contributed by atoms with Crippen LogP contribution in [0.4, 0.5) is 5.82 Å². The molecule has 2 rings (SSSR count). The Morgan fingerprint density at radius 3 is 3.00 bits per heavy atom. The monoisotopic (exact) mass is 209 g/mol. The highest BCUT2D eigenvalue weighted by atomic mass is 16.3. The fourth-order valence-corrected chi connectivity index (χ4v) is 2.56. The van der Waals surface area contributed by atoms with Gasteiger partial charge in [0.05, 0.1) is 12.3 Å². The summed E-state index contributed by atoms with van der Waals surface area (Å²) in [5.74, 6) is 1.56. The maximum Gasteiger partial charge on any atom is 0.124 e. The van der Waals surface area contributed by atoms with Crippen molar-refractivity contribution in [3.8, 4) is 0 Å². The second-order valence-electron chi connectivity index (χ2n) is 4.72. The molecule has 3 atom stereocenters. The summed E-state index contributed by atoms with van der Waals surface area (Å²) in [7, 11) is 0. The van der Waals surface area contributed by atoms with Crippen LogP contribution in [-0.2, 0) is 0 Å². The van der Waals surface area contributed by atoms with Gasteiger partial charge in [0.25, 0.3) is 0 Å². The van der Waals surface area contributed by atoms with Crippen molar-refractivity contribution in [1.82, 2.24) is 10.2 Å². The van der Waals surface area contributed by atoms with E-state index in [0.717, 1.165) is 18.4 Å². The van der Waals surface area contributed by atoms with Gasteiger partial charge in [0, 0.05) is 5.56 Å². The molecule has 1 aromatic rings. The van der Waals surface area contributed by atoms with Crippen LogP contribution in [0.3, 0.4) is 0 Å². The number of aromatic nitrogens is 2. The van der Waals surface area contributed by atoms with E-state index < -0.39 is 6.10 Å². The molecule has 1 aliphatic carbocycles. The van der Waals surface area contributed by atoms with Crippen LogP contribution in [0.1, 0.15) is 44.3 Å². The molecule has 4 N–H and O–H groups in total. The smallest absolute Gasteiger partial charge is 0.124 e. The molecule has 84 valence electrons. The number of nitrogens with two attached hydrogens (primary N) is 1. The minimum absolute atomic E-state index is 0.341. The lowest BCUT2D eigenvalue weighted by Crippen LogP contribution is -2.20. The number of anilines is 1. The number of aliphatic hydroxyl groups is 1. The van der Waals surface area contributed by atoms with Crippen LogP contribution in [0.25, 0.3) is 0 Å². The van der Waals surface area contributed by atoms with Crippen molar-refractivity contribution in [2.45, 2.75) is 38.7 Å². The molecular formula is C11H19N3O. The highest BCUT2D eigenvalue weighted by Crippen LogP contribution is 2.37. The molecule has 0 bridgehead atoms. The molecule has 1 aliphatic rings. The lowest BCUT2D eigenvalue weighted by atomic mass is 9.78. The first-order chi connectivity index (χ1) is 7.18. The minimum Gasteiger partial charge on any atom is -0.388 e. The van der Waals surface area contributed by atoms with E-state index in [4.69, 9.17) is 5.73 Å². The predicted molar refractivity (Wildman–Crippen MR) is 59.1 cm³/mol. The van der Waals surface area contributed by atoms with Crippen LogP contribution in [-0.4, -0.2) is 15.3 Å². The Morgan fingerprint density at radius 2 is 2.40 bits per heavy atom. The van der Waals surface area contributed by atoms with Gasteiger partial charge in [-0.2, -0.15) is 5.10 Å². The topological polar surface area (TPSA) is 74.9 Å². The first-order valence-corrected chi connectivity index (χ1v) is 5.65. The average molecular weight is 209 g/mol. The van der Waals surface area contributed by atoms with Crippen molar-refractivity contribution in [2.75, 3.05) is 5.73 Å². The molecule has 0 amide bonds. The number of nitrogens with zero attached hydrogens (tertiary/aromatic N) is 1. The lowest BCUT2D eigenvalue weighted by Gasteiger charge is -2.30. The van der Waals surface area contributed by atoms with E-state index in [0.29, 0.717) is 17.7 Å². The fourth-order valence-electron chi connectivity index (χ4n) is 2.56. The number of hydrogen-bond acceptors (Lipinski definition) is 3. The normalized spacial score (nSPS) is 28.9. The highest BCUT2D eigenvalue weighted by Gasteiger charge is 2.28.